The van der Waals surface area contributed by atoms with Gasteiger partial charge in [-0.15, -0.1) is 5.11 Å². The van der Waals surface area contributed by atoms with Gasteiger partial charge in [-0.05, 0) is 37.0 Å². The molecule has 134 valence electrons. The van der Waals surface area contributed by atoms with Gasteiger partial charge in [-0.3, -0.25) is 19.0 Å². The topological polar surface area (TPSA) is 97.4 Å². The predicted octanol–water partition coefficient (Wildman–Crippen LogP) is 2.77. The Morgan fingerprint density at radius 1 is 1.31 bits per heavy atom. The molecule has 1 aromatic carbocycles. The van der Waals surface area contributed by atoms with Crippen LogP contribution in [-0.4, -0.2) is 19.3 Å². The largest absolute Gasteiger partial charge is 0.332 e. The molecule has 0 amide bonds. The highest BCUT2D eigenvalue weighted by atomic mass is 35.5. The Kier molecular flexibility index (Phi) is 4.20. The molecule has 0 aliphatic heterocycles. The fraction of sp³-hybridized carbons (Fsp3) is 0.353. The van der Waals surface area contributed by atoms with Crippen molar-refractivity contribution in [2.75, 3.05) is 0 Å². The third-order valence-electron chi connectivity index (χ3n) is 4.51. The minimum absolute atomic E-state index is 0.240. The van der Waals surface area contributed by atoms with E-state index in [9.17, 15) is 9.59 Å². The Balaban J connectivity index is 1.64. The zero-order valence-corrected chi connectivity index (χ0v) is 14.9. The van der Waals surface area contributed by atoms with Crippen LogP contribution in [-0.2, 0) is 20.1 Å². The first-order valence-corrected chi connectivity index (χ1v) is 8.71. The number of aromatic amines is 1. The fourth-order valence-corrected chi connectivity index (χ4v) is 2.98. The highest BCUT2D eigenvalue weighted by molar-refractivity contribution is 6.31. The molecule has 9 heteroatoms. The van der Waals surface area contributed by atoms with Gasteiger partial charge in [0.15, 0.2) is 5.82 Å². The van der Waals surface area contributed by atoms with E-state index < -0.39 is 5.56 Å². The maximum Gasteiger partial charge on any atom is 0.332 e. The van der Waals surface area contributed by atoms with Crippen LogP contribution >= 0.6 is 11.6 Å². The van der Waals surface area contributed by atoms with E-state index in [1.165, 1.54) is 17.7 Å². The van der Waals surface area contributed by atoms with Gasteiger partial charge < -0.3 is 0 Å². The summed E-state index contributed by atoms with van der Waals surface area (Å²) in [6.07, 6.45) is 2.18. The molecule has 3 aromatic rings. The number of benzene rings is 1. The molecular formula is C17H17ClN6O2. The minimum atomic E-state index is -0.394. The van der Waals surface area contributed by atoms with Crippen LogP contribution in [0.5, 0.6) is 0 Å². The molecular weight excluding hydrogens is 356 g/mol. The van der Waals surface area contributed by atoms with E-state index in [1.807, 2.05) is 12.1 Å². The van der Waals surface area contributed by atoms with E-state index >= 15 is 0 Å². The van der Waals surface area contributed by atoms with Crippen molar-refractivity contribution < 1.29 is 0 Å². The van der Waals surface area contributed by atoms with Crippen molar-refractivity contribution in [2.24, 2.45) is 23.2 Å². The fourth-order valence-electron chi connectivity index (χ4n) is 2.81. The molecule has 0 bridgehead atoms. The zero-order chi connectivity index (χ0) is 18.3. The Morgan fingerprint density at radius 2 is 2.12 bits per heavy atom. The number of nitrogens with one attached hydrogen (secondary N) is 1. The molecule has 1 fully saturated rings. The molecule has 0 saturated heterocycles. The lowest BCUT2D eigenvalue weighted by Gasteiger charge is -2.09. The number of halogens is 1. The van der Waals surface area contributed by atoms with Gasteiger partial charge in [0.2, 0.25) is 0 Å². The standard InChI is InChI=1S/C17H17ClN6O2/c1-23-16(25)7-15(24(17(23)26)9-10-2-3-10)22-19-8-14-12-6-11(18)4-5-13(12)20-21-14/h4-7,10H,2-3,8-9H2,1H3,(H,20,21). The van der Waals surface area contributed by atoms with Crippen LogP contribution in [0, 0.1) is 5.92 Å². The Hall–Kier alpha value is -2.74. The summed E-state index contributed by atoms with van der Waals surface area (Å²) in [5.74, 6) is 0.754. The Morgan fingerprint density at radius 3 is 2.88 bits per heavy atom. The van der Waals surface area contributed by atoms with Crippen molar-refractivity contribution in [1.82, 2.24) is 19.3 Å². The van der Waals surface area contributed by atoms with Crippen molar-refractivity contribution in [2.45, 2.75) is 25.9 Å². The number of fused-ring (bicyclic) bond motifs is 1. The van der Waals surface area contributed by atoms with E-state index in [4.69, 9.17) is 11.6 Å². The van der Waals surface area contributed by atoms with Gasteiger partial charge in [0, 0.05) is 30.1 Å². The predicted molar refractivity (Wildman–Crippen MR) is 98.0 cm³/mol. The summed E-state index contributed by atoms with van der Waals surface area (Å²) in [4.78, 5) is 24.3. The van der Waals surface area contributed by atoms with Crippen molar-refractivity contribution in [1.29, 1.82) is 0 Å². The molecule has 0 atom stereocenters. The summed E-state index contributed by atoms with van der Waals surface area (Å²) in [5.41, 5.74) is 0.803. The van der Waals surface area contributed by atoms with Crippen molar-refractivity contribution in [3.63, 3.8) is 0 Å². The van der Waals surface area contributed by atoms with Crippen LogP contribution in [0.25, 0.3) is 10.9 Å². The summed E-state index contributed by atoms with van der Waals surface area (Å²) in [6, 6.07) is 6.75. The smallest absolute Gasteiger partial charge is 0.279 e. The molecule has 26 heavy (non-hydrogen) atoms. The highest BCUT2D eigenvalue weighted by Crippen LogP contribution is 2.31. The quantitative estimate of drug-likeness (QED) is 0.697. The van der Waals surface area contributed by atoms with Gasteiger partial charge in [0.25, 0.3) is 5.56 Å². The molecule has 2 aromatic heterocycles. The molecule has 0 unspecified atom stereocenters. The van der Waals surface area contributed by atoms with Crippen molar-refractivity contribution in [3.8, 4) is 0 Å². The third-order valence-corrected chi connectivity index (χ3v) is 4.75. The van der Waals surface area contributed by atoms with Crippen LogP contribution in [0.1, 0.15) is 18.5 Å². The lowest BCUT2D eigenvalue weighted by Crippen LogP contribution is -2.37. The van der Waals surface area contributed by atoms with Crippen molar-refractivity contribution >= 4 is 28.3 Å². The summed E-state index contributed by atoms with van der Waals surface area (Å²) in [5, 5.41) is 16.9. The maximum absolute atomic E-state index is 12.4. The van der Waals surface area contributed by atoms with Crippen LogP contribution in [0.4, 0.5) is 5.82 Å². The first-order valence-electron chi connectivity index (χ1n) is 8.34. The van der Waals surface area contributed by atoms with Gasteiger partial charge in [-0.2, -0.15) is 10.2 Å². The normalized spacial score (nSPS) is 14.5. The molecule has 0 spiro atoms. The summed E-state index contributed by atoms with van der Waals surface area (Å²) in [7, 11) is 1.47. The molecule has 1 aliphatic rings. The van der Waals surface area contributed by atoms with Crippen molar-refractivity contribution in [3.05, 3.63) is 55.8 Å². The van der Waals surface area contributed by atoms with E-state index in [-0.39, 0.29) is 18.1 Å². The van der Waals surface area contributed by atoms with Gasteiger partial charge in [-0.1, -0.05) is 11.6 Å². The van der Waals surface area contributed by atoms with Crippen LogP contribution in [0.15, 0.2) is 44.1 Å². The number of rotatable bonds is 5. The van der Waals surface area contributed by atoms with E-state index in [0.29, 0.717) is 17.5 Å². The Bertz CT molecular complexity index is 1120. The summed E-state index contributed by atoms with van der Waals surface area (Å²) >= 11 is 6.03. The highest BCUT2D eigenvalue weighted by Gasteiger charge is 2.24. The average Bonchev–Trinajstić information content (AvgIpc) is 3.36. The number of nitrogens with zero attached hydrogens (tertiary/aromatic N) is 5. The second-order valence-electron chi connectivity index (χ2n) is 6.50. The summed E-state index contributed by atoms with van der Waals surface area (Å²) < 4.78 is 2.61. The number of azo groups is 1. The molecule has 8 nitrogen and oxygen atoms in total. The van der Waals surface area contributed by atoms with Crippen LogP contribution in [0.2, 0.25) is 5.02 Å². The van der Waals surface area contributed by atoms with Gasteiger partial charge in [0.1, 0.15) is 6.54 Å². The Labute approximate surface area is 153 Å². The van der Waals surface area contributed by atoms with Gasteiger partial charge >= 0.3 is 5.69 Å². The molecule has 2 heterocycles. The lowest BCUT2D eigenvalue weighted by atomic mass is 10.2. The monoisotopic (exact) mass is 372 g/mol. The van der Waals surface area contributed by atoms with Crippen LogP contribution in [0.3, 0.4) is 0 Å². The third kappa shape index (κ3) is 3.20. The summed E-state index contributed by atoms with van der Waals surface area (Å²) in [6.45, 7) is 0.799. The van der Waals surface area contributed by atoms with E-state index in [0.717, 1.165) is 34.0 Å². The first-order chi connectivity index (χ1) is 12.5. The molecule has 4 rings (SSSR count). The van der Waals surface area contributed by atoms with Gasteiger partial charge in [0.05, 0.1) is 11.2 Å². The van der Waals surface area contributed by atoms with E-state index in [2.05, 4.69) is 20.4 Å². The first kappa shape index (κ1) is 16.7. The second-order valence-corrected chi connectivity index (χ2v) is 6.94. The number of hydrogen-bond donors (Lipinski definition) is 1. The molecule has 1 N–H and O–H groups in total. The number of aromatic nitrogens is 4. The lowest BCUT2D eigenvalue weighted by molar-refractivity contribution is 0.560. The number of hydrogen-bond acceptors (Lipinski definition) is 5. The zero-order valence-electron chi connectivity index (χ0n) is 14.1. The SMILES string of the molecule is Cn1c(=O)cc(N=NCc2[nH]nc3ccc(Cl)cc23)n(CC2CC2)c1=O. The average molecular weight is 373 g/mol. The van der Waals surface area contributed by atoms with E-state index in [1.54, 1.807) is 6.07 Å². The molecule has 1 aliphatic carbocycles. The van der Waals surface area contributed by atoms with Crippen LogP contribution < -0.4 is 11.2 Å². The number of H-pyrrole nitrogens is 1. The second kappa shape index (κ2) is 6.53. The minimum Gasteiger partial charge on any atom is -0.279 e. The molecule has 1 saturated carbocycles. The van der Waals surface area contributed by atoms with Gasteiger partial charge in [-0.25, -0.2) is 4.79 Å². The maximum atomic E-state index is 12.4. The molecule has 0 radical (unpaired) electrons.